The first-order valence-corrected chi connectivity index (χ1v) is 6.31. The van der Waals surface area contributed by atoms with Gasteiger partial charge in [0.25, 0.3) is 0 Å². The van der Waals surface area contributed by atoms with Crippen LogP contribution in [0, 0.1) is 16.7 Å². The van der Waals surface area contributed by atoms with E-state index in [1.54, 1.807) is 12.1 Å². The molecular weight excluding hydrogens is 234 g/mol. The third kappa shape index (κ3) is 3.10. The number of aromatic nitrogens is 1. The van der Waals surface area contributed by atoms with E-state index in [-0.39, 0.29) is 0 Å². The van der Waals surface area contributed by atoms with E-state index in [2.05, 4.69) is 23.3 Å². The zero-order valence-electron chi connectivity index (χ0n) is 9.96. The lowest BCUT2D eigenvalue weighted by atomic mass is 9.89. The highest BCUT2D eigenvalue weighted by Crippen LogP contribution is 2.37. The number of halogens is 1. The summed E-state index contributed by atoms with van der Waals surface area (Å²) in [6.07, 6.45) is 5.13. The topological polar surface area (TPSA) is 48.7 Å². The molecule has 0 spiro atoms. The Hall–Kier alpha value is -1.27. The minimum absolute atomic E-state index is 0.358. The molecule has 90 valence electrons. The van der Waals surface area contributed by atoms with Gasteiger partial charge in [0.2, 0.25) is 0 Å². The summed E-state index contributed by atoms with van der Waals surface area (Å²) >= 11 is 5.86. The number of hydrogen-bond acceptors (Lipinski definition) is 3. The molecule has 4 heteroatoms. The Kier molecular flexibility index (Phi) is 3.54. The number of nitriles is 1. The Balaban J connectivity index is 2.04. The predicted molar refractivity (Wildman–Crippen MR) is 69.0 cm³/mol. The molecule has 1 N–H and O–H groups in total. The Bertz CT molecular complexity index is 444. The summed E-state index contributed by atoms with van der Waals surface area (Å²) in [7, 11) is 0. The van der Waals surface area contributed by atoms with Crippen LogP contribution in [0.1, 0.15) is 38.2 Å². The fourth-order valence-electron chi connectivity index (χ4n) is 2.36. The molecule has 0 atom stereocenters. The SMILES string of the molecule is CC1(CNc2cc(C#N)cc(Cl)n2)CCCC1. The monoisotopic (exact) mass is 249 g/mol. The lowest BCUT2D eigenvalue weighted by molar-refractivity contribution is 0.361. The van der Waals surface area contributed by atoms with Crippen molar-refractivity contribution in [2.24, 2.45) is 5.41 Å². The van der Waals surface area contributed by atoms with E-state index in [4.69, 9.17) is 16.9 Å². The largest absolute Gasteiger partial charge is 0.369 e. The van der Waals surface area contributed by atoms with Gasteiger partial charge >= 0.3 is 0 Å². The van der Waals surface area contributed by atoms with Gasteiger partial charge in [-0.3, -0.25) is 0 Å². The van der Waals surface area contributed by atoms with Crippen molar-refractivity contribution in [1.29, 1.82) is 5.26 Å². The molecule has 0 unspecified atom stereocenters. The van der Waals surface area contributed by atoms with E-state index in [0.29, 0.717) is 21.9 Å². The second-order valence-corrected chi connectivity index (χ2v) is 5.43. The molecule has 0 radical (unpaired) electrons. The smallest absolute Gasteiger partial charge is 0.132 e. The fraction of sp³-hybridized carbons (Fsp3) is 0.538. The van der Waals surface area contributed by atoms with Gasteiger partial charge in [-0.05, 0) is 30.4 Å². The van der Waals surface area contributed by atoms with Crippen LogP contribution in [0.2, 0.25) is 5.15 Å². The first-order valence-electron chi connectivity index (χ1n) is 5.93. The summed E-state index contributed by atoms with van der Waals surface area (Å²) in [5.74, 6) is 0.696. The average molecular weight is 250 g/mol. The molecule has 3 nitrogen and oxygen atoms in total. The van der Waals surface area contributed by atoms with Crippen molar-refractivity contribution in [2.75, 3.05) is 11.9 Å². The molecule has 1 aliphatic carbocycles. The van der Waals surface area contributed by atoms with Crippen molar-refractivity contribution in [3.63, 3.8) is 0 Å². The lowest BCUT2D eigenvalue weighted by Gasteiger charge is -2.24. The van der Waals surface area contributed by atoms with Gasteiger partial charge in [0.05, 0.1) is 11.6 Å². The van der Waals surface area contributed by atoms with E-state index < -0.39 is 0 Å². The quantitative estimate of drug-likeness (QED) is 0.833. The van der Waals surface area contributed by atoms with Gasteiger partial charge in [-0.2, -0.15) is 5.26 Å². The molecule has 1 aromatic heterocycles. The molecule has 0 bridgehead atoms. The Morgan fingerprint density at radius 2 is 2.18 bits per heavy atom. The second-order valence-electron chi connectivity index (χ2n) is 5.05. The Labute approximate surface area is 107 Å². The number of rotatable bonds is 3. The highest BCUT2D eigenvalue weighted by Gasteiger charge is 2.28. The van der Waals surface area contributed by atoms with Crippen molar-refractivity contribution >= 4 is 17.4 Å². The molecule has 1 heterocycles. The highest BCUT2D eigenvalue weighted by molar-refractivity contribution is 6.29. The van der Waals surface area contributed by atoms with Gasteiger partial charge in [0, 0.05) is 6.54 Å². The van der Waals surface area contributed by atoms with Crippen molar-refractivity contribution in [1.82, 2.24) is 4.98 Å². The zero-order valence-corrected chi connectivity index (χ0v) is 10.7. The number of hydrogen-bond donors (Lipinski definition) is 1. The Morgan fingerprint density at radius 3 is 2.82 bits per heavy atom. The third-order valence-corrected chi connectivity index (χ3v) is 3.62. The molecule has 0 amide bonds. The molecular formula is C13H16ClN3. The van der Waals surface area contributed by atoms with E-state index in [9.17, 15) is 0 Å². The third-order valence-electron chi connectivity index (χ3n) is 3.43. The van der Waals surface area contributed by atoms with Gasteiger partial charge in [-0.25, -0.2) is 4.98 Å². The van der Waals surface area contributed by atoms with Crippen LogP contribution in [0.3, 0.4) is 0 Å². The average Bonchev–Trinajstić information content (AvgIpc) is 2.73. The molecule has 0 saturated heterocycles. The van der Waals surface area contributed by atoms with Crippen LogP contribution in [0.4, 0.5) is 5.82 Å². The first kappa shape index (κ1) is 12.2. The van der Waals surface area contributed by atoms with Crippen LogP contribution in [0.15, 0.2) is 12.1 Å². The van der Waals surface area contributed by atoms with E-state index in [0.717, 1.165) is 6.54 Å². The van der Waals surface area contributed by atoms with Crippen molar-refractivity contribution in [2.45, 2.75) is 32.6 Å². The summed E-state index contributed by atoms with van der Waals surface area (Å²) in [4.78, 5) is 4.18. The van der Waals surface area contributed by atoms with Gasteiger partial charge in [0.1, 0.15) is 11.0 Å². The summed E-state index contributed by atoms with van der Waals surface area (Å²) in [5, 5.41) is 12.5. The standard InChI is InChI=1S/C13H16ClN3/c1-13(4-2-3-5-13)9-16-12-7-10(8-15)6-11(14)17-12/h6-7H,2-5,9H2,1H3,(H,16,17). The minimum Gasteiger partial charge on any atom is -0.369 e. The van der Waals surface area contributed by atoms with Crippen LogP contribution in [-0.2, 0) is 0 Å². The molecule has 1 aromatic rings. The maximum atomic E-state index is 8.85. The second kappa shape index (κ2) is 4.93. The molecule has 0 aromatic carbocycles. The van der Waals surface area contributed by atoms with E-state index in [1.807, 2.05) is 0 Å². The molecule has 17 heavy (non-hydrogen) atoms. The summed E-state index contributed by atoms with van der Waals surface area (Å²) in [5.41, 5.74) is 0.903. The zero-order chi connectivity index (χ0) is 12.3. The van der Waals surface area contributed by atoms with Crippen molar-refractivity contribution in [3.8, 4) is 6.07 Å². The molecule has 1 fully saturated rings. The number of pyridine rings is 1. The first-order chi connectivity index (χ1) is 8.11. The van der Waals surface area contributed by atoms with E-state index >= 15 is 0 Å². The highest BCUT2D eigenvalue weighted by atomic mass is 35.5. The van der Waals surface area contributed by atoms with Crippen LogP contribution in [-0.4, -0.2) is 11.5 Å². The van der Waals surface area contributed by atoms with Gasteiger partial charge in [0.15, 0.2) is 0 Å². The predicted octanol–water partition coefficient (Wildman–Crippen LogP) is 3.60. The fourth-order valence-corrected chi connectivity index (χ4v) is 2.57. The van der Waals surface area contributed by atoms with Crippen molar-refractivity contribution in [3.05, 3.63) is 22.8 Å². The molecule has 1 saturated carbocycles. The molecule has 0 aliphatic heterocycles. The Morgan fingerprint density at radius 1 is 1.47 bits per heavy atom. The molecule has 2 rings (SSSR count). The number of anilines is 1. The number of nitrogens with one attached hydrogen (secondary N) is 1. The van der Waals surface area contributed by atoms with Gasteiger partial charge in [-0.15, -0.1) is 0 Å². The number of nitrogens with zero attached hydrogens (tertiary/aromatic N) is 2. The van der Waals surface area contributed by atoms with Crippen LogP contribution >= 0.6 is 11.6 Å². The maximum absolute atomic E-state index is 8.85. The lowest BCUT2D eigenvalue weighted by Crippen LogP contribution is -2.23. The van der Waals surface area contributed by atoms with Crippen LogP contribution in [0.25, 0.3) is 0 Å². The van der Waals surface area contributed by atoms with Crippen LogP contribution < -0.4 is 5.32 Å². The normalized spacial score (nSPS) is 17.7. The summed E-state index contributed by atoms with van der Waals surface area (Å²) in [6, 6.07) is 5.39. The minimum atomic E-state index is 0.358. The van der Waals surface area contributed by atoms with Gasteiger partial charge in [-0.1, -0.05) is 31.4 Å². The summed E-state index contributed by atoms with van der Waals surface area (Å²) < 4.78 is 0. The maximum Gasteiger partial charge on any atom is 0.132 e. The van der Waals surface area contributed by atoms with E-state index in [1.165, 1.54) is 25.7 Å². The van der Waals surface area contributed by atoms with Crippen LogP contribution in [0.5, 0.6) is 0 Å². The molecule has 1 aliphatic rings. The van der Waals surface area contributed by atoms with Gasteiger partial charge < -0.3 is 5.32 Å². The van der Waals surface area contributed by atoms with Crippen molar-refractivity contribution < 1.29 is 0 Å². The summed E-state index contributed by atoms with van der Waals surface area (Å²) in [6.45, 7) is 3.19.